The number of rotatable bonds is 3. The van der Waals surface area contributed by atoms with E-state index in [1.165, 1.54) is 37.7 Å². The molecule has 0 saturated heterocycles. The third-order valence-corrected chi connectivity index (χ3v) is 6.59. The average Bonchev–Trinajstić information content (AvgIpc) is 3.11. The molecule has 0 aromatic heterocycles. The van der Waals surface area contributed by atoms with Crippen molar-refractivity contribution in [3.8, 4) is 0 Å². The van der Waals surface area contributed by atoms with Crippen LogP contribution in [-0.4, -0.2) is 6.04 Å². The number of halogens is 2. The van der Waals surface area contributed by atoms with E-state index >= 15 is 0 Å². The summed E-state index contributed by atoms with van der Waals surface area (Å²) in [4.78, 5) is 0. The Kier molecular flexibility index (Phi) is 3.38. The SMILES string of the molecule is Fc1ccc(CNC2CC3CC2C2CCCC32)cc1Br. The quantitative estimate of drug-likeness (QED) is 0.856. The van der Waals surface area contributed by atoms with Gasteiger partial charge in [-0.2, -0.15) is 0 Å². The molecule has 0 spiro atoms. The second-order valence-electron chi connectivity index (χ2n) is 6.89. The molecule has 0 amide bonds. The monoisotopic (exact) mass is 337 g/mol. The van der Waals surface area contributed by atoms with Crippen LogP contribution in [0.15, 0.2) is 22.7 Å². The smallest absolute Gasteiger partial charge is 0.137 e. The lowest BCUT2D eigenvalue weighted by Crippen LogP contribution is -2.38. The molecule has 20 heavy (non-hydrogen) atoms. The predicted octanol–water partition coefficient (Wildman–Crippen LogP) is 4.50. The highest BCUT2D eigenvalue weighted by molar-refractivity contribution is 9.10. The maximum absolute atomic E-state index is 13.2. The minimum atomic E-state index is -0.178. The van der Waals surface area contributed by atoms with Crippen molar-refractivity contribution >= 4 is 15.9 Å². The topological polar surface area (TPSA) is 12.0 Å². The van der Waals surface area contributed by atoms with Gasteiger partial charge in [0.25, 0.3) is 0 Å². The van der Waals surface area contributed by atoms with E-state index in [4.69, 9.17) is 0 Å². The van der Waals surface area contributed by atoms with Crippen LogP contribution >= 0.6 is 15.9 Å². The number of benzene rings is 1. The Hall–Kier alpha value is -0.410. The summed E-state index contributed by atoms with van der Waals surface area (Å²) in [5, 5.41) is 3.75. The van der Waals surface area contributed by atoms with Crippen LogP contribution < -0.4 is 5.32 Å². The van der Waals surface area contributed by atoms with Crippen LogP contribution in [0.5, 0.6) is 0 Å². The van der Waals surface area contributed by atoms with Crippen molar-refractivity contribution in [2.45, 2.75) is 44.7 Å². The van der Waals surface area contributed by atoms with E-state index in [2.05, 4.69) is 21.2 Å². The first-order chi connectivity index (χ1) is 9.72. The highest BCUT2D eigenvalue weighted by Crippen LogP contribution is 2.58. The third kappa shape index (κ3) is 2.14. The molecule has 0 radical (unpaired) electrons. The molecule has 5 unspecified atom stereocenters. The van der Waals surface area contributed by atoms with Crippen molar-refractivity contribution in [2.75, 3.05) is 0 Å². The van der Waals surface area contributed by atoms with Gasteiger partial charge in [-0.05, 0) is 83.0 Å². The first-order valence-corrected chi connectivity index (χ1v) is 8.69. The molecule has 1 nitrogen and oxygen atoms in total. The molecular weight excluding hydrogens is 317 g/mol. The predicted molar refractivity (Wildman–Crippen MR) is 81.8 cm³/mol. The summed E-state index contributed by atoms with van der Waals surface area (Å²) >= 11 is 3.27. The van der Waals surface area contributed by atoms with E-state index in [9.17, 15) is 4.39 Å². The highest BCUT2D eigenvalue weighted by Gasteiger charge is 2.53. The van der Waals surface area contributed by atoms with Gasteiger partial charge in [-0.3, -0.25) is 0 Å². The molecule has 1 aromatic rings. The maximum atomic E-state index is 13.2. The fourth-order valence-electron chi connectivity index (χ4n) is 5.20. The van der Waals surface area contributed by atoms with Crippen LogP contribution in [0.25, 0.3) is 0 Å². The first-order valence-electron chi connectivity index (χ1n) is 7.89. The molecule has 108 valence electrons. The van der Waals surface area contributed by atoms with Crippen molar-refractivity contribution in [3.05, 3.63) is 34.1 Å². The van der Waals surface area contributed by atoms with Gasteiger partial charge < -0.3 is 5.32 Å². The summed E-state index contributed by atoms with van der Waals surface area (Å²) in [5.41, 5.74) is 1.17. The molecule has 3 heteroatoms. The van der Waals surface area contributed by atoms with E-state index in [0.717, 1.165) is 30.2 Å². The fraction of sp³-hybridized carbons (Fsp3) is 0.647. The fourth-order valence-corrected chi connectivity index (χ4v) is 5.63. The first kappa shape index (κ1) is 13.3. The van der Waals surface area contributed by atoms with Crippen molar-refractivity contribution in [1.82, 2.24) is 5.32 Å². The molecule has 1 N–H and O–H groups in total. The van der Waals surface area contributed by atoms with Gasteiger partial charge >= 0.3 is 0 Å². The molecular formula is C17H21BrFN. The average molecular weight is 338 g/mol. The molecule has 0 heterocycles. The van der Waals surface area contributed by atoms with Crippen LogP contribution in [0.2, 0.25) is 0 Å². The molecule has 3 aliphatic carbocycles. The van der Waals surface area contributed by atoms with Gasteiger partial charge in [-0.1, -0.05) is 12.5 Å². The molecule has 5 atom stereocenters. The Morgan fingerprint density at radius 2 is 2.00 bits per heavy atom. The molecule has 4 rings (SSSR count). The molecule has 3 fully saturated rings. The van der Waals surface area contributed by atoms with E-state index in [1.54, 1.807) is 6.07 Å². The summed E-state index contributed by atoms with van der Waals surface area (Å²) in [7, 11) is 0. The lowest BCUT2D eigenvalue weighted by Gasteiger charge is -2.32. The Morgan fingerprint density at radius 1 is 1.15 bits per heavy atom. The van der Waals surface area contributed by atoms with Crippen LogP contribution in [0.4, 0.5) is 4.39 Å². The number of hydrogen-bond acceptors (Lipinski definition) is 1. The second kappa shape index (κ2) is 5.10. The Labute approximate surface area is 128 Å². The lowest BCUT2D eigenvalue weighted by molar-refractivity contribution is 0.208. The standard InChI is InChI=1S/C17H21BrFN/c18-15-6-10(4-5-16(15)19)9-20-17-8-11-7-14(17)13-3-1-2-12(11)13/h4-6,11-14,17,20H,1-3,7-9H2. The molecule has 3 saturated carbocycles. The van der Waals surface area contributed by atoms with Gasteiger partial charge in [0, 0.05) is 12.6 Å². The van der Waals surface area contributed by atoms with Gasteiger partial charge in [-0.25, -0.2) is 4.39 Å². The van der Waals surface area contributed by atoms with Crippen LogP contribution in [0, 0.1) is 29.5 Å². The van der Waals surface area contributed by atoms with E-state index < -0.39 is 0 Å². The van der Waals surface area contributed by atoms with E-state index in [-0.39, 0.29) is 5.82 Å². The summed E-state index contributed by atoms with van der Waals surface area (Å²) in [5.74, 6) is 3.79. The Morgan fingerprint density at radius 3 is 2.85 bits per heavy atom. The minimum Gasteiger partial charge on any atom is -0.310 e. The van der Waals surface area contributed by atoms with Crippen molar-refractivity contribution in [1.29, 1.82) is 0 Å². The normalized spacial score (nSPS) is 38.4. The van der Waals surface area contributed by atoms with Crippen LogP contribution in [0.3, 0.4) is 0 Å². The van der Waals surface area contributed by atoms with Gasteiger partial charge in [0.1, 0.15) is 5.82 Å². The van der Waals surface area contributed by atoms with E-state index in [0.29, 0.717) is 10.5 Å². The number of nitrogens with one attached hydrogen (secondary N) is 1. The Balaban J connectivity index is 1.40. The van der Waals surface area contributed by atoms with Crippen molar-refractivity contribution in [2.24, 2.45) is 23.7 Å². The minimum absolute atomic E-state index is 0.178. The largest absolute Gasteiger partial charge is 0.310 e. The zero-order valence-corrected chi connectivity index (χ0v) is 13.2. The zero-order valence-electron chi connectivity index (χ0n) is 11.6. The second-order valence-corrected chi connectivity index (χ2v) is 7.74. The number of hydrogen-bond donors (Lipinski definition) is 1. The summed E-state index contributed by atoms with van der Waals surface area (Å²) in [6.45, 7) is 0.865. The molecule has 2 bridgehead atoms. The maximum Gasteiger partial charge on any atom is 0.137 e. The summed E-state index contributed by atoms with van der Waals surface area (Å²) < 4.78 is 13.8. The third-order valence-electron chi connectivity index (χ3n) is 5.98. The van der Waals surface area contributed by atoms with Crippen molar-refractivity contribution in [3.63, 3.8) is 0 Å². The van der Waals surface area contributed by atoms with Gasteiger partial charge in [0.2, 0.25) is 0 Å². The Bertz CT molecular complexity index is 518. The van der Waals surface area contributed by atoms with Gasteiger partial charge in [0.15, 0.2) is 0 Å². The van der Waals surface area contributed by atoms with Gasteiger partial charge in [-0.15, -0.1) is 0 Å². The summed E-state index contributed by atoms with van der Waals surface area (Å²) in [6.07, 6.45) is 7.24. The van der Waals surface area contributed by atoms with Crippen LogP contribution in [-0.2, 0) is 6.54 Å². The molecule has 3 aliphatic rings. The van der Waals surface area contributed by atoms with Gasteiger partial charge in [0.05, 0.1) is 4.47 Å². The molecule has 0 aliphatic heterocycles. The molecule has 1 aromatic carbocycles. The lowest BCUT2D eigenvalue weighted by atomic mass is 9.79. The highest BCUT2D eigenvalue weighted by atomic mass is 79.9. The number of fused-ring (bicyclic) bond motifs is 5. The van der Waals surface area contributed by atoms with Crippen molar-refractivity contribution < 1.29 is 4.39 Å². The van der Waals surface area contributed by atoms with E-state index in [1.807, 2.05) is 12.1 Å². The zero-order chi connectivity index (χ0) is 13.7. The summed E-state index contributed by atoms with van der Waals surface area (Å²) in [6, 6.07) is 6.03. The van der Waals surface area contributed by atoms with Crippen LogP contribution in [0.1, 0.15) is 37.7 Å².